The molecule has 0 radical (unpaired) electrons. The molecule has 6 nitrogen and oxygen atoms in total. The van der Waals surface area contributed by atoms with Crippen LogP contribution in [-0.2, 0) is 11.2 Å². The molecule has 1 aromatic carbocycles. The zero-order valence-corrected chi connectivity index (χ0v) is 14.8. The van der Waals surface area contributed by atoms with Gasteiger partial charge < -0.3 is 9.64 Å². The topological polar surface area (TPSA) is 60.3 Å². The molecule has 1 aromatic heterocycles. The maximum Gasteiger partial charge on any atom is 0.293 e. The van der Waals surface area contributed by atoms with Crippen molar-refractivity contribution in [2.45, 2.75) is 39.4 Å². The van der Waals surface area contributed by atoms with Crippen LogP contribution in [0.5, 0.6) is 0 Å². The molecule has 1 amide bonds. The van der Waals surface area contributed by atoms with E-state index in [0.29, 0.717) is 30.4 Å². The lowest BCUT2D eigenvalue weighted by atomic mass is 10.2. The van der Waals surface area contributed by atoms with Gasteiger partial charge in [0.2, 0.25) is 5.82 Å². The number of carbonyl (C=O) groups excluding carboxylic acids is 1. The van der Waals surface area contributed by atoms with E-state index in [-0.39, 0.29) is 23.9 Å². The number of aromatic nitrogens is 3. The minimum Gasteiger partial charge on any atom is -0.372 e. The molecular formula is C17H21ClN4O2. The highest BCUT2D eigenvalue weighted by Crippen LogP contribution is 2.21. The van der Waals surface area contributed by atoms with E-state index < -0.39 is 0 Å². The third-order valence-corrected chi connectivity index (χ3v) is 4.29. The maximum atomic E-state index is 12.8. The molecule has 0 aliphatic carbocycles. The lowest BCUT2D eigenvalue weighted by Gasteiger charge is -2.34. The summed E-state index contributed by atoms with van der Waals surface area (Å²) < 4.78 is 7.34. The molecule has 7 heteroatoms. The van der Waals surface area contributed by atoms with Crippen LogP contribution in [0.4, 0.5) is 0 Å². The van der Waals surface area contributed by atoms with Gasteiger partial charge >= 0.3 is 0 Å². The smallest absolute Gasteiger partial charge is 0.293 e. The third-order valence-electron chi connectivity index (χ3n) is 3.97. The molecule has 1 fully saturated rings. The minimum atomic E-state index is -0.169. The number of nitrogens with zero attached hydrogens (tertiary/aromatic N) is 4. The van der Waals surface area contributed by atoms with Crippen LogP contribution in [-0.4, -0.2) is 50.9 Å². The summed E-state index contributed by atoms with van der Waals surface area (Å²) in [6.45, 7) is 6.99. The molecule has 1 saturated heterocycles. The first kappa shape index (κ1) is 16.9. The number of aryl methyl sites for hydroxylation is 1. The summed E-state index contributed by atoms with van der Waals surface area (Å²) in [6.07, 6.45) is 0.671. The second-order valence-electron chi connectivity index (χ2n) is 6.04. The summed E-state index contributed by atoms with van der Waals surface area (Å²) in [4.78, 5) is 19.0. The van der Waals surface area contributed by atoms with Crippen molar-refractivity contribution >= 4 is 17.5 Å². The van der Waals surface area contributed by atoms with Crippen LogP contribution in [0.2, 0.25) is 5.02 Å². The zero-order chi connectivity index (χ0) is 17.3. The van der Waals surface area contributed by atoms with Crippen molar-refractivity contribution in [2.24, 2.45) is 0 Å². The fourth-order valence-corrected chi connectivity index (χ4v) is 3.18. The van der Waals surface area contributed by atoms with Crippen molar-refractivity contribution in [3.63, 3.8) is 0 Å². The Morgan fingerprint density at radius 2 is 1.96 bits per heavy atom. The highest BCUT2D eigenvalue weighted by Gasteiger charge is 2.29. The van der Waals surface area contributed by atoms with Gasteiger partial charge in [0.05, 0.1) is 22.9 Å². The van der Waals surface area contributed by atoms with Crippen molar-refractivity contribution in [1.29, 1.82) is 0 Å². The Morgan fingerprint density at radius 3 is 2.58 bits per heavy atom. The monoisotopic (exact) mass is 348 g/mol. The summed E-state index contributed by atoms with van der Waals surface area (Å²) in [7, 11) is 0. The average molecular weight is 349 g/mol. The first-order valence-electron chi connectivity index (χ1n) is 8.15. The fourth-order valence-electron chi connectivity index (χ4n) is 2.97. The van der Waals surface area contributed by atoms with Gasteiger partial charge in [0.1, 0.15) is 5.82 Å². The summed E-state index contributed by atoms with van der Waals surface area (Å²) >= 11 is 6.26. The molecule has 0 bridgehead atoms. The molecule has 2 heterocycles. The Labute approximate surface area is 146 Å². The molecule has 128 valence electrons. The summed E-state index contributed by atoms with van der Waals surface area (Å²) in [6, 6.07) is 7.40. The first-order chi connectivity index (χ1) is 11.5. The molecule has 0 unspecified atom stereocenters. The molecule has 3 rings (SSSR count). The van der Waals surface area contributed by atoms with Gasteiger partial charge in [0, 0.05) is 19.5 Å². The number of morpholine rings is 1. The largest absolute Gasteiger partial charge is 0.372 e. The number of hydrogen-bond donors (Lipinski definition) is 0. The quantitative estimate of drug-likeness (QED) is 0.855. The number of ether oxygens (including phenoxy) is 1. The van der Waals surface area contributed by atoms with Gasteiger partial charge in [-0.2, -0.15) is 0 Å². The van der Waals surface area contributed by atoms with Crippen molar-refractivity contribution in [3.05, 3.63) is 40.9 Å². The molecule has 2 aromatic rings. The number of hydrogen-bond acceptors (Lipinski definition) is 4. The molecule has 1 aliphatic heterocycles. The zero-order valence-electron chi connectivity index (χ0n) is 14.1. The first-order valence-corrected chi connectivity index (χ1v) is 8.53. The summed E-state index contributed by atoms with van der Waals surface area (Å²) in [5, 5.41) is 5.00. The lowest BCUT2D eigenvalue weighted by molar-refractivity contribution is -0.0588. The van der Waals surface area contributed by atoms with E-state index in [9.17, 15) is 4.79 Å². The predicted molar refractivity (Wildman–Crippen MR) is 91.7 cm³/mol. The molecule has 0 N–H and O–H groups in total. The second-order valence-corrected chi connectivity index (χ2v) is 6.44. The van der Waals surface area contributed by atoms with E-state index in [0.717, 1.165) is 5.69 Å². The van der Waals surface area contributed by atoms with Crippen LogP contribution in [0.25, 0.3) is 5.69 Å². The van der Waals surface area contributed by atoms with Crippen LogP contribution in [0.3, 0.4) is 0 Å². The van der Waals surface area contributed by atoms with E-state index in [1.54, 1.807) is 15.6 Å². The third kappa shape index (κ3) is 3.30. The normalized spacial score (nSPS) is 21.1. The number of amides is 1. The van der Waals surface area contributed by atoms with Crippen LogP contribution < -0.4 is 0 Å². The number of benzene rings is 1. The van der Waals surface area contributed by atoms with Gasteiger partial charge in [-0.1, -0.05) is 30.7 Å². The molecule has 1 aliphatic rings. The Balaban J connectivity index is 1.92. The van der Waals surface area contributed by atoms with Gasteiger partial charge in [0.25, 0.3) is 5.91 Å². The van der Waals surface area contributed by atoms with E-state index >= 15 is 0 Å². The van der Waals surface area contributed by atoms with E-state index in [4.69, 9.17) is 16.3 Å². The Kier molecular flexibility index (Phi) is 4.87. The average Bonchev–Trinajstić information content (AvgIpc) is 2.97. The highest BCUT2D eigenvalue weighted by molar-refractivity contribution is 6.32. The Hall–Kier alpha value is -1.92. The second kappa shape index (κ2) is 6.91. The van der Waals surface area contributed by atoms with Crippen LogP contribution in [0, 0.1) is 0 Å². The van der Waals surface area contributed by atoms with Gasteiger partial charge in [-0.05, 0) is 26.0 Å². The minimum absolute atomic E-state index is 0.00833. The standard InChI is InChI=1S/C17H21ClN4O2/c1-4-15-19-16(17(23)21-9-11(2)24-12(3)10-21)20-22(15)14-8-6-5-7-13(14)18/h5-8,11-12H,4,9-10H2,1-3H3/t11-,12+. The summed E-state index contributed by atoms with van der Waals surface area (Å²) in [5.41, 5.74) is 0.728. The molecule has 0 saturated carbocycles. The number of para-hydroxylation sites is 1. The number of carbonyl (C=O) groups is 1. The van der Waals surface area contributed by atoms with E-state index in [1.807, 2.05) is 39.0 Å². The van der Waals surface area contributed by atoms with Gasteiger partial charge in [0.15, 0.2) is 0 Å². The Bertz CT molecular complexity index is 736. The number of rotatable bonds is 3. The lowest BCUT2D eigenvalue weighted by Crippen LogP contribution is -2.48. The van der Waals surface area contributed by atoms with Crippen molar-refractivity contribution < 1.29 is 9.53 Å². The fraction of sp³-hybridized carbons (Fsp3) is 0.471. The predicted octanol–water partition coefficient (Wildman–Crippen LogP) is 2.73. The van der Waals surface area contributed by atoms with Crippen molar-refractivity contribution in [1.82, 2.24) is 19.7 Å². The van der Waals surface area contributed by atoms with Crippen LogP contribution >= 0.6 is 11.6 Å². The molecule has 0 spiro atoms. The van der Waals surface area contributed by atoms with Gasteiger partial charge in [-0.3, -0.25) is 4.79 Å². The SMILES string of the molecule is CCc1nc(C(=O)N2C[C@@H](C)O[C@@H](C)C2)nn1-c1ccccc1Cl. The van der Waals surface area contributed by atoms with Crippen molar-refractivity contribution in [2.75, 3.05) is 13.1 Å². The van der Waals surface area contributed by atoms with Gasteiger partial charge in [-0.25, -0.2) is 9.67 Å². The molecule has 24 heavy (non-hydrogen) atoms. The van der Waals surface area contributed by atoms with E-state index in [2.05, 4.69) is 10.1 Å². The highest BCUT2D eigenvalue weighted by atomic mass is 35.5. The van der Waals surface area contributed by atoms with Crippen LogP contribution in [0.15, 0.2) is 24.3 Å². The van der Waals surface area contributed by atoms with Gasteiger partial charge in [-0.15, -0.1) is 5.10 Å². The molecule has 2 atom stereocenters. The Morgan fingerprint density at radius 1 is 1.29 bits per heavy atom. The summed E-state index contributed by atoms with van der Waals surface area (Å²) in [5.74, 6) is 0.742. The molecular weight excluding hydrogens is 328 g/mol. The van der Waals surface area contributed by atoms with Crippen molar-refractivity contribution in [3.8, 4) is 5.69 Å². The maximum absolute atomic E-state index is 12.8. The van der Waals surface area contributed by atoms with E-state index in [1.165, 1.54) is 0 Å². The number of halogens is 1. The van der Waals surface area contributed by atoms with Crippen LogP contribution in [0.1, 0.15) is 37.2 Å².